The van der Waals surface area contributed by atoms with Gasteiger partial charge in [0.2, 0.25) is 0 Å². The molecular formula is C42H27N3. The van der Waals surface area contributed by atoms with Crippen molar-refractivity contribution in [2.24, 2.45) is 0 Å². The average Bonchev–Trinajstić information content (AvgIpc) is 3.75. The fourth-order valence-electron chi connectivity index (χ4n) is 7.58. The molecule has 3 nitrogen and oxygen atoms in total. The largest absolute Gasteiger partial charge is 0.309 e. The first-order valence-electron chi connectivity index (χ1n) is 15.5. The topological polar surface area (TPSA) is 22.8 Å². The lowest BCUT2D eigenvalue weighted by Gasteiger charge is -2.16. The molecule has 0 spiro atoms. The molecule has 210 valence electrons. The van der Waals surface area contributed by atoms with Crippen molar-refractivity contribution >= 4 is 43.6 Å². The van der Waals surface area contributed by atoms with E-state index in [0.717, 1.165) is 23.5 Å². The van der Waals surface area contributed by atoms with Crippen LogP contribution in [0, 0.1) is 0 Å². The van der Waals surface area contributed by atoms with E-state index in [9.17, 15) is 0 Å². The number of nitrogens with zero attached hydrogens (tertiary/aromatic N) is 3. The first kappa shape index (κ1) is 24.5. The van der Waals surface area contributed by atoms with Crippen molar-refractivity contribution in [3.63, 3.8) is 0 Å². The van der Waals surface area contributed by atoms with Crippen LogP contribution in [0.15, 0.2) is 152 Å². The van der Waals surface area contributed by atoms with Gasteiger partial charge in [-0.3, -0.25) is 4.98 Å². The fourth-order valence-corrected chi connectivity index (χ4v) is 7.58. The molecule has 0 bridgehead atoms. The molecule has 9 aromatic rings. The third kappa shape index (κ3) is 3.55. The van der Waals surface area contributed by atoms with Gasteiger partial charge in [-0.15, -0.1) is 0 Å². The van der Waals surface area contributed by atoms with Crippen LogP contribution in [0.1, 0.15) is 11.1 Å². The van der Waals surface area contributed by atoms with Gasteiger partial charge in [-0.2, -0.15) is 0 Å². The van der Waals surface area contributed by atoms with Crippen LogP contribution in [0.3, 0.4) is 0 Å². The van der Waals surface area contributed by atoms with Crippen LogP contribution in [0.25, 0.3) is 77.4 Å². The van der Waals surface area contributed by atoms with Gasteiger partial charge in [-0.05, 0) is 76.9 Å². The maximum atomic E-state index is 4.78. The zero-order valence-electron chi connectivity index (χ0n) is 24.5. The Hall–Kier alpha value is -5.93. The van der Waals surface area contributed by atoms with Crippen LogP contribution in [-0.2, 0) is 6.42 Å². The molecule has 0 fully saturated rings. The molecule has 0 saturated heterocycles. The molecule has 45 heavy (non-hydrogen) atoms. The summed E-state index contributed by atoms with van der Waals surface area (Å²) >= 11 is 0. The summed E-state index contributed by atoms with van der Waals surface area (Å²) in [6.07, 6.45) is 2.84. The maximum absolute atomic E-state index is 4.78. The van der Waals surface area contributed by atoms with Gasteiger partial charge in [-0.1, -0.05) is 91.0 Å². The van der Waals surface area contributed by atoms with Crippen LogP contribution in [0.4, 0.5) is 0 Å². The molecule has 0 N–H and O–H groups in total. The Labute approximate surface area is 260 Å². The molecule has 3 heterocycles. The van der Waals surface area contributed by atoms with Crippen LogP contribution >= 0.6 is 0 Å². The Morgan fingerprint density at radius 3 is 1.47 bits per heavy atom. The predicted octanol–water partition coefficient (Wildman–Crippen LogP) is 10.5. The van der Waals surface area contributed by atoms with Gasteiger partial charge in [0.15, 0.2) is 0 Å². The monoisotopic (exact) mass is 573 g/mol. The Kier molecular flexibility index (Phi) is 5.06. The second-order valence-corrected chi connectivity index (χ2v) is 12.0. The quantitative estimate of drug-likeness (QED) is 0.206. The standard InChI is InChI=1S/C42H27N3/c1-5-15-38-33(11-1)34-12-2-6-16-39(34)44(38)31-23-30(27-19-20-28-22-29-10-9-21-43-42(29)37(28)25-27)24-32(26-31)45-40-17-7-3-13-35(40)36-14-4-8-18-41(36)45/h1-21,23-26H,22H2. The lowest BCUT2D eigenvalue weighted by Crippen LogP contribution is -2.00. The maximum Gasteiger partial charge on any atom is 0.0740 e. The first-order valence-corrected chi connectivity index (χ1v) is 15.5. The lowest BCUT2D eigenvalue weighted by molar-refractivity contribution is 1.13. The number of hydrogen-bond acceptors (Lipinski definition) is 1. The molecule has 0 amide bonds. The molecule has 1 aliphatic rings. The van der Waals surface area contributed by atoms with E-state index in [2.05, 4.69) is 149 Å². The Morgan fingerprint density at radius 2 is 0.933 bits per heavy atom. The van der Waals surface area contributed by atoms with Gasteiger partial charge in [0.1, 0.15) is 0 Å². The predicted molar refractivity (Wildman–Crippen MR) is 187 cm³/mol. The van der Waals surface area contributed by atoms with Crippen molar-refractivity contribution in [3.05, 3.63) is 163 Å². The SMILES string of the molecule is c1cnc2c(c1)Cc1ccc(-c3cc(-n4c5ccccc5c5ccccc54)cc(-n4c5ccccc5c5ccccc54)c3)cc1-2. The Morgan fingerprint density at radius 1 is 0.422 bits per heavy atom. The highest BCUT2D eigenvalue weighted by atomic mass is 15.0. The summed E-state index contributed by atoms with van der Waals surface area (Å²) in [5, 5.41) is 5.04. The van der Waals surface area contributed by atoms with Gasteiger partial charge >= 0.3 is 0 Å². The van der Waals surface area contributed by atoms with Gasteiger partial charge in [0, 0.05) is 51.1 Å². The number of pyridine rings is 1. The molecule has 0 saturated carbocycles. The van der Waals surface area contributed by atoms with Gasteiger partial charge < -0.3 is 9.13 Å². The van der Waals surface area contributed by atoms with Crippen LogP contribution in [0.2, 0.25) is 0 Å². The average molecular weight is 574 g/mol. The van der Waals surface area contributed by atoms with Crippen molar-refractivity contribution in [2.75, 3.05) is 0 Å². The van der Waals surface area contributed by atoms with E-state index < -0.39 is 0 Å². The van der Waals surface area contributed by atoms with Gasteiger partial charge in [0.25, 0.3) is 0 Å². The van der Waals surface area contributed by atoms with Crippen LogP contribution in [0.5, 0.6) is 0 Å². The second kappa shape index (κ2) is 9.28. The third-order valence-electron chi connectivity index (χ3n) is 9.55. The van der Waals surface area contributed by atoms with Crippen molar-refractivity contribution in [3.8, 4) is 33.8 Å². The number of aromatic nitrogens is 3. The van der Waals surface area contributed by atoms with E-state index in [1.165, 1.54) is 71.4 Å². The van der Waals surface area contributed by atoms with Crippen LogP contribution < -0.4 is 0 Å². The van der Waals surface area contributed by atoms with E-state index in [1.54, 1.807) is 0 Å². The summed E-state index contributed by atoms with van der Waals surface area (Å²) in [5.41, 5.74) is 14.5. The van der Waals surface area contributed by atoms with Crippen molar-refractivity contribution in [2.45, 2.75) is 6.42 Å². The minimum atomic E-state index is 0.937. The summed E-state index contributed by atoms with van der Waals surface area (Å²) in [6, 6.07) is 53.2. The number of benzene rings is 6. The van der Waals surface area contributed by atoms with E-state index in [1.807, 2.05) is 12.3 Å². The zero-order valence-corrected chi connectivity index (χ0v) is 24.5. The number of hydrogen-bond donors (Lipinski definition) is 0. The first-order chi connectivity index (χ1) is 22.3. The summed E-state index contributed by atoms with van der Waals surface area (Å²) in [4.78, 5) is 4.78. The minimum absolute atomic E-state index is 0.937. The molecule has 6 aromatic carbocycles. The highest BCUT2D eigenvalue weighted by Gasteiger charge is 2.21. The van der Waals surface area contributed by atoms with Crippen molar-refractivity contribution in [1.82, 2.24) is 14.1 Å². The Balaban J connectivity index is 1.30. The lowest BCUT2D eigenvalue weighted by atomic mass is 9.99. The second-order valence-electron chi connectivity index (χ2n) is 12.0. The molecule has 0 unspecified atom stereocenters. The molecule has 3 heteroatoms. The molecule has 1 aliphatic carbocycles. The summed E-state index contributed by atoms with van der Waals surface area (Å²) in [6.45, 7) is 0. The van der Waals surface area contributed by atoms with Crippen molar-refractivity contribution in [1.29, 1.82) is 0 Å². The van der Waals surface area contributed by atoms with Gasteiger partial charge in [0.05, 0.1) is 27.8 Å². The van der Waals surface area contributed by atoms with E-state index in [4.69, 9.17) is 4.98 Å². The van der Waals surface area contributed by atoms with Crippen LogP contribution in [-0.4, -0.2) is 14.1 Å². The molecular weight excluding hydrogens is 546 g/mol. The molecule has 10 rings (SSSR count). The number of para-hydroxylation sites is 4. The van der Waals surface area contributed by atoms with Crippen molar-refractivity contribution < 1.29 is 0 Å². The minimum Gasteiger partial charge on any atom is -0.309 e. The molecule has 0 atom stereocenters. The Bertz CT molecular complexity index is 2400. The zero-order chi connectivity index (χ0) is 29.5. The molecule has 0 aliphatic heterocycles. The fraction of sp³-hybridized carbons (Fsp3) is 0.0238. The normalized spacial score (nSPS) is 12.4. The summed E-state index contributed by atoms with van der Waals surface area (Å²) in [7, 11) is 0. The number of rotatable bonds is 3. The van der Waals surface area contributed by atoms with E-state index in [-0.39, 0.29) is 0 Å². The molecule has 3 aromatic heterocycles. The van der Waals surface area contributed by atoms with Gasteiger partial charge in [-0.25, -0.2) is 0 Å². The number of fused-ring (bicyclic) bond motifs is 9. The third-order valence-corrected chi connectivity index (χ3v) is 9.55. The smallest absolute Gasteiger partial charge is 0.0740 e. The highest BCUT2D eigenvalue weighted by molar-refractivity contribution is 6.10. The van der Waals surface area contributed by atoms with E-state index in [0.29, 0.717) is 0 Å². The highest BCUT2D eigenvalue weighted by Crippen LogP contribution is 2.40. The summed E-state index contributed by atoms with van der Waals surface area (Å²) in [5.74, 6) is 0. The van der Waals surface area contributed by atoms with E-state index >= 15 is 0 Å². The summed E-state index contributed by atoms with van der Waals surface area (Å²) < 4.78 is 4.85. The molecule has 0 radical (unpaired) electrons.